The van der Waals surface area contributed by atoms with Crippen LogP contribution in [0, 0.1) is 0 Å². The van der Waals surface area contributed by atoms with Gasteiger partial charge in [0, 0.05) is 6.42 Å². The van der Waals surface area contributed by atoms with E-state index in [0.717, 1.165) is 12.8 Å². The first-order valence-electron chi connectivity index (χ1n) is 5.68. The van der Waals surface area contributed by atoms with E-state index in [-0.39, 0.29) is 18.6 Å². The highest BCUT2D eigenvalue weighted by atomic mass is 16.5. The summed E-state index contributed by atoms with van der Waals surface area (Å²) in [6.07, 6.45) is 3.05. The summed E-state index contributed by atoms with van der Waals surface area (Å²) in [7, 11) is 0. The number of ether oxygens (including phenoxy) is 1. The van der Waals surface area contributed by atoms with Crippen molar-refractivity contribution in [3.05, 3.63) is 35.9 Å². The van der Waals surface area contributed by atoms with E-state index in [1.165, 1.54) is 5.56 Å². The standard InChI is InChI=1S/C13H16O3/c14-13(15)9-7-11-6-8-12(16-11)10-4-2-1-3-5-10/h1-5,11-12H,6-9H2,(H,14,15)/t11-,12+/m1/s1. The van der Waals surface area contributed by atoms with Crippen molar-refractivity contribution in [2.24, 2.45) is 0 Å². The molecule has 0 radical (unpaired) electrons. The van der Waals surface area contributed by atoms with Crippen molar-refractivity contribution in [1.82, 2.24) is 0 Å². The number of benzene rings is 1. The monoisotopic (exact) mass is 220 g/mol. The van der Waals surface area contributed by atoms with Gasteiger partial charge in [-0.25, -0.2) is 0 Å². The van der Waals surface area contributed by atoms with Crippen LogP contribution in [0.4, 0.5) is 0 Å². The molecule has 3 heteroatoms. The zero-order chi connectivity index (χ0) is 11.4. The van der Waals surface area contributed by atoms with Gasteiger partial charge in [-0.2, -0.15) is 0 Å². The van der Waals surface area contributed by atoms with Gasteiger partial charge in [0.05, 0.1) is 12.2 Å². The van der Waals surface area contributed by atoms with Crippen molar-refractivity contribution in [1.29, 1.82) is 0 Å². The van der Waals surface area contributed by atoms with Gasteiger partial charge in [-0.15, -0.1) is 0 Å². The lowest BCUT2D eigenvalue weighted by molar-refractivity contribution is -0.137. The average Bonchev–Trinajstić information content (AvgIpc) is 2.76. The summed E-state index contributed by atoms with van der Waals surface area (Å²) in [5.74, 6) is -0.744. The van der Waals surface area contributed by atoms with Crippen molar-refractivity contribution < 1.29 is 14.6 Å². The number of hydrogen-bond donors (Lipinski definition) is 1. The fourth-order valence-electron chi connectivity index (χ4n) is 2.12. The van der Waals surface area contributed by atoms with Crippen molar-refractivity contribution in [2.45, 2.75) is 37.9 Å². The van der Waals surface area contributed by atoms with E-state index >= 15 is 0 Å². The third kappa shape index (κ3) is 2.83. The molecule has 0 saturated carbocycles. The summed E-state index contributed by atoms with van der Waals surface area (Å²) >= 11 is 0. The molecule has 2 rings (SSSR count). The Morgan fingerprint density at radius 3 is 2.75 bits per heavy atom. The second-order valence-corrected chi connectivity index (χ2v) is 4.17. The molecule has 1 saturated heterocycles. The lowest BCUT2D eigenvalue weighted by Gasteiger charge is -2.13. The molecule has 1 heterocycles. The molecule has 1 N–H and O–H groups in total. The predicted octanol–water partition coefficient (Wildman–Crippen LogP) is 2.77. The van der Waals surface area contributed by atoms with Crippen molar-refractivity contribution in [3.8, 4) is 0 Å². The number of hydrogen-bond acceptors (Lipinski definition) is 2. The molecular formula is C13H16O3. The predicted molar refractivity (Wildman–Crippen MR) is 60.2 cm³/mol. The lowest BCUT2D eigenvalue weighted by Crippen LogP contribution is -2.09. The minimum atomic E-state index is -0.744. The van der Waals surface area contributed by atoms with Crippen molar-refractivity contribution in [3.63, 3.8) is 0 Å². The molecule has 16 heavy (non-hydrogen) atoms. The number of aliphatic carboxylic acids is 1. The Labute approximate surface area is 95.0 Å². The lowest BCUT2D eigenvalue weighted by atomic mass is 10.1. The Morgan fingerprint density at radius 2 is 2.06 bits per heavy atom. The van der Waals surface area contributed by atoms with Crippen LogP contribution in [-0.2, 0) is 9.53 Å². The zero-order valence-corrected chi connectivity index (χ0v) is 9.13. The van der Waals surface area contributed by atoms with Crippen LogP contribution in [0.3, 0.4) is 0 Å². The molecule has 1 aromatic carbocycles. The van der Waals surface area contributed by atoms with Crippen LogP contribution in [-0.4, -0.2) is 17.2 Å². The van der Waals surface area contributed by atoms with Crippen molar-refractivity contribution in [2.75, 3.05) is 0 Å². The van der Waals surface area contributed by atoms with Gasteiger partial charge in [0.2, 0.25) is 0 Å². The SMILES string of the molecule is O=C(O)CC[C@H]1CC[C@@H](c2ccccc2)O1. The Bertz CT molecular complexity index is 347. The molecule has 0 amide bonds. The second-order valence-electron chi connectivity index (χ2n) is 4.17. The highest BCUT2D eigenvalue weighted by Crippen LogP contribution is 2.34. The number of carboxylic acid groups (broad SMARTS) is 1. The molecule has 1 aliphatic heterocycles. The molecule has 0 aliphatic carbocycles. The maximum Gasteiger partial charge on any atom is 0.303 e. The van der Waals surface area contributed by atoms with E-state index in [1.54, 1.807) is 0 Å². The Morgan fingerprint density at radius 1 is 1.31 bits per heavy atom. The Kier molecular flexibility index (Phi) is 3.57. The van der Waals surface area contributed by atoms with E-state index in [4.69, 9.17) is 9.84 Å². The highest BCUT2D eigenvalue weighted by Gasteiger charge is 2.26. The van der Waals surface area contributed by atoms with E-state index < -0.39 is 5.97 Å². The summed E-state index contributed by atoms with van der Waals surface area (Å²) in [5, 5.41) is 8.60. The summed E-state index contributed by atoms with van der Waals surface area (Å²) in [4.78, 5) is 10.5. The van der Waals surface area contributed by atoms with Gasteiger partial charge in [-0.05, 0) is 24.8 Å². The maximum atomic E-state index is 10.5. The van der Waals surface area contributed by atoms with Crippen LogP contribution in [0.15, 0.2) is 30.3 Å². The van der Waals surface area contributed by atoms with E-state index in [1.807, 2.05) is 18.2 Å². The number of carbonyl (C=O) groups is 1. The van der Waals surface area contributed by atoms with Crippen LogP contribution >= 0.6 is 0 Å². The Hall–Kier alpha value is -1.35. The fourth-order valence-corrected chi connectivity index (χ4v) is 2.12. The third-order valence-electron chi connectivity index (χ3n) is 2.96. The molecule has 0 spiro atoms. The molecule has 1 aromatic rings. The van der Waals surface area contributed by atoms with E-state index in [9.17, 15) is 4.79 Å². The fraction of sp³-hybridized carbons (Fsp3) is 0.462. The zero-order valence-electron chi connectivity index (χ0n) is 9.13. The normalized spacial score (nSPS) is 24.5. The number of carboxylic acids is 1. The first-order chi connectivity index (χ1) is 7.75. The first-order valence-corrected chi connectivity index (χ1v) is 5.68. The largest absolute Gasteiger partial charge is 0.481 e. The average molecular weight is 220 g/mol. The van der Waals surface area contributed by atoms with Gasteiger partial charge in [0.25, 0.3) is 0 Å². The summed E-state index contributed by atoms with van der Waals surface area (Å²) in [6.45, 7) is 0. The molecule has 86 valence electrons. The minimum Gasteiger partial charge on any atom is -0.481 e. The molecule has 3 nitrogen and oxygen atoms in total. The molecule has 1 aliphatic rings. The van der Waals surface area contributed by atoms with Gasteiger partial charge >= 0.3 is 5.97 Å². The van der Waals surface area contributed by atoms with Crippen LogP contribution in [0.1, 0.15) is 37.4 Å². The second kappa shape index (κ2) is 5.12. The van der Waals surface area contributed by atoms with Gasteiger partial charge in [-0.1, -0.05) is 30.3 Å². The van der Waals surface area contributed by atoms with Crippen LogP contribution in [0.5, 0.6) is 0 Å². The molecule has 0 bridgehead atoms. The van der Waals surface area contributed by atoms with Crippen LogP contribution < -0.4 is 0 Å². The molecule has 0 aromatic heterocycles. The minimum absolute atomic E-state index is 0.112. The van der Waals surface area contributed by atoms with Gasteiger partial charge in [0.15, 0.2) is 0 Å². The summed E-state index contributed by atoms with van der Waals surface area (Å²) in [5.41, 5.74) is 1.19. The smallest absolute Gasteiger partial charge is 0.303 e. The maximum absolute atomic E-state index is 10.5. The van der Waals surface area contributed by atoms with E-state index in [2.05, 4.69) is 12.1 Å². The first kappa shape index (κ1) is 11.1. The molecule has 0 unspecified atom stereocenters. The summed E-state index contributed by atoms with van der Waals surface area (Å²) in [6, 6.07) is 10.1. The molecule has 2 atom stereocenters. The van der Waals surface area contributed by atoms with Crippen LogP contribution in [0.2, 0.25) is 0 Å². The highest BCUT2D eigenvalue weighted by molar-refractivity contribution is 5.66. The molecular weight excluding hydrogens is 204 g/mol. The third-order valence-corrected chi connectivity index (χ3v) is 2.96. The van der Waals surface area contributed by atoms with E-state index in [0.29, 0.717) is 6.42 Å². The topological polar surface area (TPSA) is 46.5 Å². The Balaban J connectivity index is 1.86. The molecule has 1 fully saturated rings. The quantitative estimate of drug-likeness (QED) is 0.848. The van der Waals surface area contributed by atoms with Gasteiger partial charge in [-0.3, -0.25) is 4.79 Å². The van der Waals surface area contributed by atoms with Gasteiger partial charge < -0.3 is 9.84 Å². The van der Waals surface area contributed by atoms with Crippen molar-refractivity contribution >= 4 is 5.97 Å². The van der Waals surface area contributed by atoms with Gasteiger partial charge in [0.1, 0.15) is 0 Å². The van der Waals surface area contributed by atoms with Crippen LogP contribution in [0.25, 0.3) is 0 Å². The number of rotatable bonds is 4. The summed E-state index contributed by atoms with van der Waals surface area (Å²) < 4.78 is 5.83.